The molecule has 0 radical (unpaired) electrons. The van der Waals surface area contributed by atoms with Crippen molar-refractivity contribution in [1.82, 2.24) is 4.90 Å². The molecular formula is C19H36INOSi. The summed E-state index contributed by atoms with van der Waals surface area (Å²) in [5.74, 6) is 0.668. The number of nitrogens with zero attached hydrogens (tertiary/aromatic N) is 1. The van der Waals surface area contributed by atoms with E-state index in [1.165, 1.54) is 30.4 Å². The molecule has 2 heterocycles. The first kappa shape index (κ1) is 19.9. The molecule has 2 nitrogen and oxygen atoms in total. The Morgan fingerprint density at radius 3 is 2.65 bits per heavy atom. The second kappa shape index (κ2) is 7.08. The number of hydrogen-bond donors (Lipinski definition) is 0. The van der Waals surface area contributed by atoms with Crippen molar-refractivity contribution in [1.29, 1.82) is 0 Å². The van der Waals surface area contributed by atoms with Crippen LogP contribution in [0.5, 0.6) is 0 Å². The second-order valence-electron chi connectivity index (χ2n) is 9.44. The van der Waals surface area contributed by atoms with Gasteiger partial charge in [-0.2, -0.15) is 0 Å². The Balaban J connectivity index is 2.27. The number of fused-ring (bicyclic) bond motifs is 1. The van der Waals surface area contributed by atoms with E-state index in [1.54, 1.807) is 5.57 Å². The summed E-state index contributed by atoms with van der Waals surface area (Å²) in [5.41, 5.74) is 1.60. The first-order chi connectivity index (χ1) is 10.5. The maximum Gasteiger partial charge on any atom is 0.192 e. The summed E-state index contributed by atoms with van der Waals surface area (Å²) in [5, 5.41) is 0.274. The SMILES string of the molecule is C[C@@H](/C=C1\CN2CCC[C@H]2[C@@](C)(O[Si](C)(C)C(C)(C)C)C1)CI. The number of piperidine rings is 1. The summed E-state index contributed by atoms with van der Waals surface area (Å²) >= 11 is 2.50. The van der Waals surface area contributed by atoms with Gasteiger partial charge in [0.15, 0.2) is 8.32 Å². The van der Waals surface area contributed by atoms with Crippen molar-refractivity contribution in [2.45, 2.75) is 83.7 Å². The Hall–Kier alpha value is 0.607. The van der Waals surface area contributed by atoms with E-state index in [2.05, 4.69) is 81.3 Å². The molecule has 3 atom stereocenters. The van der Waals surface area contributed by atoms with Gasteiger partial charge in [-0.15, -0.1) is 0 Å². The van der Waals surface area contributed by atoms with Gasteiger partial charge in [0, 0.05) is 17.0 Å². The molecule has 2 aliphatic rings. The lowest BCUT2D eigenvalue weighted by atomic mass is 9.83. The topological polar surface area (TPSA) is 12.5 Å². The number of halogens is 1. The van der Waals surface area contributed by atoms with Crippen molar-refractivity contribution in [2.75, 3.05) is 17.5 Å². The third kappa shape index (κ3) is 4.42. The van der Waals surface area contributed by atoms with Gasteiger partial charge in [0.05, 0.1) is 5.60 Å². The largest absolute Gasteiger partial charge is 0.410 e. The zero-order valence-corrected chi connectivity index (χ0v) is 19.4. The van der Waals surface area contributed by atoms with Crippen LogP contribution in [0.3, 0.4) is 0 Å². The molecule has 0 bridgehead atoms. The summed E-state index contributed by atoms with van der Waals surface area (Å²) in [6.07, 6.45) is 6.28. The normalized spacial score (nSPS) is 33.0. The van der Waals surface area contributed by atoms with Crippen LogP contribution < -0.4 is 0 Å². The van der Waals surface area contributed by atoms with Gasteiger partial charge in [-0.25, -0.2) is 0 Å². The average molecular weight is 449 g/mol. The third-order valence-corrected chi connectivity index (χ3v) is 12.1. The molecule has 134 valence electrons. The lowest BCUT2D eigenvalue weighted by molar-refractivity contribution is -0.0220. The number of alkyl halides is 1. The van der Waals surface area contributed by atoms with E-state index < -0.39 is 8.32 Å². The fraction of sp³-hybridized carbons (Fsp3) is 0.895. The van der Waals surface area contributed by atoms with Gasteiger partial charge < -0.3 is 4.43 Å². The van der Waals surface area contributed by atoms with Crippen LogP contribution in [0.15, 0.2) is 11.6 Å². The molecule has 2 rings (SSSR count). The monoisotopic (exact) mass is 449 g/mol. The van der Waals surface area contributed by atoms with Gasteiger partial charge in [0.1, 0.15) is 0 Å². The molecule has 0 aromatic carbocycles. The molecule has 2 saturated heterocycles. The Morgan fingerprint density at radius 1 is 1.43 bits per heavy atom. The van der Waals surface area contributed by atoms with Crippen molar-refractivity contribution in [3.8, 4) is 0 Å². The second-order valence-corrected chi connectivity index (χ2v) is 15.0. The maximum absolute atomic E-state index is 7.04. The van der Waals surface area contributed by atoms with E-state index in [4.69, 9.17) is 4.43 Å². The zero-order chi connectivity index (χ0) is 17.5. The Kier molecular flexibility index (Phi) is 6.13. The average Bonchev–Trinajstić information content (AvgIpc) is 2.85. The first-order valence-electron chi connectivity index (χ1n) is 9.18. The standard InChI is InChI=1S/C19H36INOSi/c1-15(13-20)11-16-12-19(5,17-9-8-10-21(17)14-16)22-23(6,7)18(2,3)4/h11,15,17H,8-10,12-14H2,1-7H3/b16-11-/t15-,17-,19-/m0/s1. The van der Waals surface area contributed by atoms with E-state index >= 15 is 0 Å². The molecule has 0 aliphatic carbocycles. The number of rotatable bonds is 4. The summed E-state index contributed by atoms with van der Waals surface area (Å²) < 4.78 is 8.24. The summed E-state index contributed by atoms with van der Waals surface area (Å²) in [7, 11) is -1.76. The number of allylic oxidation sites excluding steroid dienone is 1. The van der Waals surface area contributed by atoms with Crippen LogP contribution in [0, 0.1) is 5.92 Å². The molecule has 23 heavy (non-hydrogen) atoms. The summed E-state index contributed by atoms with van der Waals surface area (Å²) in [6.45, 7) is 19.0. The van der Waals surface area contributed by atoms with Gasteiger partial charge in [-0.05, 0) is 56.8 Å². The maximum atomic E-state index is 7.04. The Morgan fingerprint density at radius 2 is 2.09 bits per heavy atom. The van der Waals surface area contributed by atoms with Gasteiger partial charge in [-0.3, -0.25) is 4.90 Å². The molecule has 0 N–H and O–H groups in total. The highest BCUT2D eigenvalue weighted by atomic mass is 127. The molecule has 0 saturated carbocycles. The summed E-state index contributed by atoms with van der Waals surface area (Å²) in [4.78, 5) is 2.70. The lowest BCUT2D eigenvalue weighted by Gasteiger charge is -2.52. The van der Waals surface area contributed by atoms with Crippen molar-refractivity contribution in [3.05, 3.63) is 11.6 Å². The van der Waals surface area contributed by atoms with Crippen LogP contribution in [0.1, 0.15) is 53.9 Å². The van der Waals surface area contributed by atoms with Crippen LogP contribution in [0.4, 0.5) is 0 Å². The van der Waals surface area contributed by atoms with Crippen LogP contribution in [0.2, 0.25) is 18.1 Å². The molecule has 0 aromatic heterocycles. The molecule has 0 aromatic rings. The highest BCUT2D eigenvalue weighted by molar-refractivity contribution is 14.1. The predicted octanol–water partition coefficient (Wildman–Crippen LogP) is 5.63. The molecule has 0 amide bonds. The quantitative estimate of drug-likeness (QED) is 0.239. The van der Waals surface area contributed by atoms with E-state index in [0.29, 0.717) is 12.0 Å². The van der Waals surface area contributed by atoms with Crippen LogP contribution in [0.25, 0.3) is 0 Å². The molecule has 2 aliphatic heterocycles. The van der Waals surface area contributed by atoms with Gasteiger partial charge >= 0.3 is 0 Å². The van der Waals surface area contributed by atoms with Crippen LogP contribution >= 0.6 is 22.6 Å². The zero-order valence-electron chi connectivity index (χ0n) is 16.2. The first-order valence-corrected chi connectivity index (χ1v) is 13.6. The van der Waals surface area contributed by atoms with Gasteiger partial charge in [-0.1, -0.05) is 61.9 Å². The fourth-order valence-electron chi connectivity index (χ4n) is 3.99. The minimum absolute atomic E-state index is 0.00538. The van der Waals surface area contributed by atoms with Crippen molar-refractivity contribution < 1.29 is 4.43 Å². The molecular weight excluding hydrogens is 413 g/mol. The molecule has 2 fully saturated rings. The van der Waals surface area contributed by atoms with Gasteiger partial charge in [0.2, 0.25) is 0 Å². The minimum Gasteiger partial charge on any atom is -0.410 e. The lowest BCUT2D eigenvalue weighted by Crippen LogP contribution is -2.59. The van der Waals surface area contributed by atoms with E-state index in [-0.39, 0.29) is 10.6 Å². The highest BCUT2D eigenvalue weighted by Crippen LogP contribution is 2.46. The smallest absolute Gasteiger partial charge is 0.192 e. The third-order valence-electron chi connectivity index (χ3n) is 6.11. The Bertz CT molecular complexity index is 457. The van der Waals surface area contributed by atoms with E-state index in [1.807, 2.05) is 0 Å². The van der Waals surface area contributed by atoms with Crippen molar-refractivity contribution in [2.24, 2.45) is 5.92 Å². The van der Waals surface area contributed by atoms with Gasteiger partial charge in [0.25, 0.3) is 0 Å². The minimum atomic E-state index is -1.76. The van der Waals surface area contributed by atoms with Crippen LogP contribution in [-0.4, -0.2) is 42.4 Å². The van der Waals surface area contributed by atoms with E-state index in [0.717, 1.165) is 6.42 Å². The number of hydrogen-bond acceptors (Lipinski definition) is 2. The van der Waals surface area contributed by atoms with E-state index in [9.17, 15) is 0 Å². The predicted molar refractivity (Wildman–Crippen MR) is 112 cm³/mol. The van der Waals surface area contributed by atoms with Crippen LogP contribution in [-0.2, 0) is 4.43 Å². The van der Waals surface area contributed by atoms with Crippen molar-refractivity contribution >= 4 is 30.9 Å². The Labute approximate surface area is 158 Å². The molecule has 0 spiro atoms. The molecule has 0 unspecified atom stereocenters. The molecule has 4 heteroatoms. The van der Waals surface area contributed by atoms with Crippen molar-refractivity contribution in [3.63, 3.8) is 0 Å². The summed E-state index contributed by atoms with van der Waals surface area (Å²) in [6, 6.07) is 0.615. The highest BCUT2D eigenvalue weighted by Gasteiger charge is 2.50. The fourth-order valence-corrected chi connectivity index (χ4v) is 5.93.